The first kappa shape index (κ1) is 11.9. The minimum atomic E-state index is 0.470. The predicted octanol–water partition coefficient (Wildman–Crippen LogP) is 3.62. The first-order valence-electron chi connectivity index (χ1n) is 6.24. The van der Waals surface area contributed by atoms with Crippen LogP contribution in [0.1, 0.15) is 29.2 Å². The van der Waals surface area contributed by atoms with E-state index in [4.69, 9.17) is 0 Å². The predicted molar refractivity (Wildman–Crippen MR) is 76.3 cm³/mol. The van der Waals surface area contributed by atoms with Gasteiger partial charge in [-0.2, -0.15) is 0 Å². The van der Waals surface area contributed by atoms with Gasteiger partial charge >= 0.3 is 0 Å². The van der Waals surface area contributed by atoms with E-state index in [9.17, 15) is 0 Å². The van der Waals surface area contributed by atoms with Crippen LogP contribution in [0.5, 0.6) is 0 Å². The van der Waals surface area contributed by atoms with E-state index >= 15 is 0 Å². The van der Waals surface area contributed by atoms with Crippen molar-refractivity contribution in [2.24, 2.45) is 0 Å². The smallest absolute Gasteiger partial charge is 0.0329 e. The van der Waals surface area contributed by atoms with Crippen molar-refractivity contribution in [2.75, 3.05) is 0 Å². The number of aromatic nitrogens is 1. The van der Waals surface area contributed by atoms with Gasteiger partial charge in [-0.25, -0.2) is 0 Å². The van der Waals surface area contributed by atoms with Crippen molar-refractivity contribution in [1.29, 1.82) is 0 Å². The van der Waals surface area contributed by atoms with Crippen molar-refractivity contribution < 1.29 is 0 Å². The average molecular weight is 303 g/mol. The highest BCUT2D eigenvalue weighted by molar-refractivity contribution is 9.10. The summed E-state index contributed by atoms with van der Waals surface area (Å²) in [4.78, 5) is 4.14. The molecule has 1 atom stereocenters. The zero-order valence-corrected chi connectivity index (χ0v) is 11.7. The van der Waals surface area contributed by atoms with Crippen molar-refractivity contribution in [3.05, 3.63) is 63.9 Å². The standard InChI is InChI=1S/C15H15BrN2/c16-14-5-1-4-13-12(14)6-7-15(13)18-10-11-3-2-8-17-9-11/h1-5,8-9,15,18H,6-7,10H2. The van der Waals surface area contributed by atoms with Crippen molar-refractivity contribution in [2.45, 2.75) is 25.4 Å². The summed E-state index contributed by atoms with van der Waals surface area (Å²) in [5, 5.41) is 3.62. The molecule has 0 bridgehead atoms. The molecule has 1 aromatic carbocycles. The number of fused-ring (bicyclic) bond motifs is 1. The van der Waals surface area contributed by atoms with Crippen LogP contribution in [0, 0.1) is 0 Å². The zero-order valence-electron chi connectivity index (χ0n) is 10.1. The molecule has 0 amide bonds. The number of hydrogen-bond acceptors (Lipinski definition) is 2. The minimum absolute atomic E-state index is 0.470. The number of rotatable bonds is 3. The molecule has 0 radical (unpaired) electrons. The fourth-order valence-corrected chi connectivity index (χ4v) is 3.15. The van der Waals surface area contributed by atoms with Crippen LogP contribution in [-0.4, -0.2) is 4.98 Å². The van der Waals surface area contributed by atoms with Crippen LogP contribution in [-0.2, 0) is 13.0 Å². The molecule has 2 nitrogen and oxygen atoms in total. The van der Waals surface area contributed by atoms with Crippen LogP contribution in [0.25, 0.3) is 0 Å². The fourth-order valence-electron chi connectivity index (χ4n) is 2.57. The van der Waals surface area contributed by atoms with Gasteiger partial charge in [0.25, 0.3) is 0 Å². The van der Waals surface area contributed by atoms with Crippen LogP contribution in [0.4, 0.5) is 0 Å². The van der Waals surface area contributed by atoms with Crippen molar-refractivity contribution >= 4 is 15.9 Å². The van der Waals surface area contributed by atoms with Crippen LogP contribution >= 0.6 is 15.9 Å². The molecule has 0 saturated carbocycles. The van der Waals surface area contributed by atoms with Gasteiger partial charge in [-0.05, 0) is 41.7 Å². The quantitative estimate of drug-likeness (QED) is 0.937. The van der Waals surface area contributed by atoms with E-state index in [1.807, 2.05) is 18.5 Å². The van der Waals surface area contributed by atoms with E-state index in [-0.39, 0.29) is 0 Å². The molecule has 1 unspecified atom stereocenters. The minimum Gasteiger partial charge on any atom is -0.306 e. The summed E-state index contributed by atoms with van der Waals surface area (Å²) >= 11 is 3.63. The monoisotopic (exact) mass is 302 g/mol. The summed E-state index contributed by atoms with van der Waals surface area (Å²) in [7, 11) is 0. The SMILES string of the molecule is Brc1cccc2c1CCC2NCc1cccnc1. The molecule has 0 spiro atoms. The largest absolute Gasteiger partial charge is 0.306 e. The summed E-state index contributed by atoms with van der Waals surface area (Å²) in [5.74, 6) is 0. The third kappa shape index (κ3) is 2.33. The van der Waals surface area contributed by atoms with Gasteiger partial charge in [0, 0.05) is 29.5 Å². The number of nitrogens with one attached hydrogen (secondary N) is 1. The van der Waals surface area contributed by atoms with E-state index in [1.165, 1.54) is 27.6 Å². The maximum Gasteiger partial charge on any atom is 0.0329 e. The van der Waals surface area contributed by atoms with Crippen LogP contribution in [0.3, 0.4) is 0 Å². The highest BCUT2D eigenvalue weighted by Gasteiger charge is 2.23. The molecular weight excluding hydrogens is 288 g/mol. The first-order chi connectivity index (χ1) is 8.84. The molecule has 1 heterocycles. The molecule has 0 fully saturated rings. The topological polar surface area (TPSA) is 24.9 Å². The summed E-state index contributed by atoms with van der Waals surface area (Å²) in [6.07, 6.45) is 6.06. The lowest BCUT2D eigenvalue weighted by Gasteiger charge is -2.14. The van der Waals surface area contributed by atoms with Crippen LogP contribution < -0.4 is 5.32 Å². The van der Waals surface area contributed by atoms with Gasteiger partial charge in [-0.3, -0.25) is 4.98 Å². The van der Waals surface area contributed by atoms with Gasteiger partial charge in [-0.15, -0.1) is 0 Å². The van der Waals surface area contributed by atoms with Gasteiger partial charge in [0.05, 0.1) is 0 Å². The Bertz CT molecular complexity index is 539. The van der Waals surface area contributed by atoms with E-state index < -0.39 is 0 Å². The van der Waals surface area contributed by atoms with E-state index in [2.05, 4.69) is 50.5 Å². The third-order valence-electron chi connectivity index (χ3n) is 3.49. The van der Waals surface area contributed by atoms with Gasteiger partial charge in [0.15, 0.2) is 0 Å². The van der Waals surface area contributed by atoms with Gasteiger partial charge in [0.1, 0.15) is 0 Å². The first-order valence-corrected chi connectivity index (χ1v) is 7.03. The van der Waals surface area contributed by atoms with Crippen molar-refractivity contribution in [3.63, 3.8) is 0 Å². The summed E-state index contributed by atoms with van der Waals surface area (Å²) < 4.78 is 1.24. The van der Waals surface area contributed by atoms with E-state index in [0.29, 0.717) is 6.04 Å². The lowest BCUT2D eigenvalue weighted by molar-refractivity contribution is 0.529. The van der Waals surface area contributed by atoms with E-state index in [0.717, 1.165) is 13.0 Å². The number of nitrogens with zero attached hydrogens (tertiary/aromatic N) is 1. The second kappa shape index (κ2) is 5.21. The normalized spacial score (nSPS) is 17.7. The Balaban J connectivity index is 1.72. The molecule has 1 N–H and O–H groups in total. The van der Waals surface area contributed by atoms with E-state index in [1.54, 1.807) is 0 Å². The highest BCUT2D eigenvalue weighted by atomic mass is 79.9. The fraction of sp³-hybridized carbons (Fsp3) is 0.267. The molecule has 1 aliphatic carbocycles. The van der Waals surface area contributed by atoms with Crippen molar-refractivity contribution in [3.8, 4) is 0 Å². The second-order valence-corrected chi connectivity index (χ2v) is 5.50. The molecule has 3 rings (SSSR count). The molecule has 0 aliphatic heterocycles. The Morgan fingerprint density at radius 3 is 3.06 bits per heavy atom. The summed E-state index contributed by atoms with van der Waals surface area (Å²) in [5.41, 5.74) is 4.13. The summed E-state index contributed by atoms with van der Waals surface area (Å²) in [6, 6.07) is 11.0. The highest BCUT2D eigenvalue weighted by Crippen LogP contribution is 2.35. The maximum absolute atomic E-state index is 4.14. The Morgan fingerprint density at radius 2 is 2.22 bits per heavy atom. The van der Waals surface area contributed by atoms with Crippen LogP contribution in [0.2, 0.25) is 0 Å². The van der Waals surface area contributed by atoms with Gasteiger partial charge in [-0.1, -0.05) is 34.1 Å². The number of pyridine rings is 1. The Morgan fingerprint density at radius 1 is 1.28 bits per heavy atom. The molecule has 18 heavy (non-hydrogen) atoms. The van der Waals surface area contributed by atoms with Gasteiger partial charge in [0.2, 0.25) is 0 Å². The number of hydrogen-bond donors (Lipinski definition) is 1. The van der Waals surface area contributed by atoms with Crippen molar-refractivity contribution in [1.82, 2.24) is 10.3 Å². The van der Waals surface area contributed by atoms with Crippen LogP contribution in [0.15, 0.2) is 47.2 Å². The Kier molecular flexibility index (Phi) is 3.43. The summed E-state index contributed by atoms with van der Waals surface area (Å²) in [6.45, 7) is 0.879. The van der Waals surface area contributed by atoms with Gasteiger partial charge < -0.3 is 5.32 Å². The maximum atomic E-state index is 4.14. The molecule has 2 aromatic rings. The lowest BCUT2D eigenvalue weighted by atomic mass is 10.1. The second-order valence-electron chi connectivity index (χ2n) is 4.64. The molecule has 1 aromatic heterocycles. The Labute approximate surface area is 116 Å². The number of halogens is 1. The molecular formula is C15H15BrN2. The zero-order chi connectivity index (χ0) is 12.4. The average Bonchev–Trinajstić information content (AvgIpc) is 2.82. The molecule has 1 aliphatic rings. The lowest BCUT2D eigenvalue weighted by Crippen LogP contribution is -2.18. The number of benzene rings is 1. The molecule has 3 heteroatoms. The third-order valence-corrected chi connectivity index (χ3v) is 4.23. The Hall–Kier alpha value is -1.19. The molecule has 92 valence electrons. The molecule has 0 saturated heterocycles.